The van der Waals surface area contributed by atoms with Gasteiger partial charge in [0, 0.05) is 19.0 Å². The summed E-state index contributed by atoms with van der Waals surface area (Å²) >= 11 is 1.54. The predicted molar refractivity (Wildman–Crippen MR) is 56.8 cm³/mol. The van der Waals surface area contributed by atoms with Crippen LogP contribution in [0.3, 0.4) is 0 Å². The molecule has 0 saturated carbocycles. The number of hydrogen-bond acceptors (Lipinski definition) is 5. The van der Waals surface area contributed by atoms with Gasteiger partial charge in [0.25, 0.3) is 0 Å². The molecule has 0 spiro atoms. The summed E-state index contributed by atoms with van der Waals surface area (Å²) in [6.45, 7) is 1.81. The summed E-state index contributed by atoms with van der Waals surface area (Å²) in [5, 5.41) is 16.2. The summed E-state index contributed by atoms with van der Waals surface area (Å²) in [5.74, 6) is 0.479. The lowest BCUT2D eigenvalue weighted by Gasteiger charge is -2.31. The number of anilines is 1. The van der Waals surface area contributed by atoms with Crippen LogP contribution in [0.5, 0.6) is 0 Å². The number of aromatic nitrogens is 2. The first-order valence-electron chi connectivity index (χ1n) is 4.62. The van der Waals surface area contributed by atoms with Gasteiger partial charge in [0.15, 0.2) is 0 Å². The fourth-order valence-corrected chi connectivity index (χ4v) is 2.31. The zero-order valence-corrected chi connectivity index (χ0v) is 8.63. The van der Waals surface area contributed by atoms with Crippen molar-refractivity contribution in [3.05, 3.63) is 5.51 Å². The minimum absolute atomic E-state index is 0.188. The molecular weight excluding hydrogens is 198 g/mol. The lowest BCUT2D eigenvalue weighted by atomic mass is 9.97. The van der Waals surface area contributed by atoms with Crippen molar-refractivity contribution in [2.45, 2.75) is 12.8 Å². The predicted octanol–water partition coefficient (Wildman–Crippen LogP) is 0.690. The van der Waals surface area contributed by atoms with Gasteiger partial charge in [-0.05, 0) is 12.8 Å². The van der Waals surface area contributed by atoms with Crippen LogP contribution in [0.25, 0.3) is 0 Å². The third-order valence-corrected chi connectivity index (χ3v) is 3.23. The van der Waals surface area contributed by atoms with Crippen molar-refractivity contribution in [3.63, 3.8) is 0 Å². The summed E-state index contributed by atoms with van der Waals surface area (Å²) in [6.07, 6.45) is 2.09. The topological polar surface area (TPSA) is 78.9 Å². The molecule has 0 aliphatic carbocycles. The first kappa shape index (κ1) is 9.39. The fourth-order valence-electron chi connectivity index (χ4n) is 1.71. The number of piperidine rings is 1. The highest BCUT2D eigenvalue weighted by molar-refractivity contribution is 7.13. The molecule has 1 aromatic heterocycles. The van der Waals surface area contributed by atoms with Gasteiger partial charge in [0.1, 0.15) is 5.51 Å². The molecule has 5 nitrogen and oxygen atoms in total. The maximum absolute atomic E-state index is 7.42. The lowest BCUT2D eigenvalue weighted by Crippen LogP contribution is -2.40. The van der Waals surface area contributed by atoms with Crippen molar-refractivity contribution in [1.82, 2.24) is 10.2 Å². The van der Waals surface area contributed by atoms with Gasteiger partial charge < -0.3 is 10.6 Å². The van der Waals surface area contributed by atoms with Gasteiger partial charge in [0.05, 0.1) is 5.84 Å². The van der Waals surface area contributed by atoms with Gasteiger partial charge in [-0.3, -0.25) is 5.41 Å². The average molecular weight is 211 g/mol. The number of rotatable bonds is 2. The monoisotopic (exact) mass is 211 g/mol. The van der Waals surface area contributed by atoms with E-state index in [1.54, 1.807) is 5.51 Å². The van der Waals surface area contributed by atoms with Gasteiger partial charge >= 0.3 is 0 Å². The number of nitrogens with zero attached hydrogens (tertiary/aromatic N) is 3. The zero-order valence-electron chi connectivity index (χ0n) is 7.81. The van der Waals surface area contributed by atoms with Crippen LogP contribution >= 0.6 is 11.3 Å². The number of amidine groups is 1. The fraction of sp³-hybridized carbons (Fsp3) is 0.625. The van der Waals surface area contributed by atoms with E-state index in [9.17, 15) is 0 Å². The molecule has 3 N–H and O–H groups in total. The van der Waals surface area contributed by atoms with Crippen LogP contribution in [-0.4, -0.2) is 29.1 Å². The highest BCUT2D eigenvalue weighted by Crippen LogP contribution is 2.23. The maximum atomic E-state index is 7.42. The number of nitrogens with two attached hydrogens (primary N) is 1. The van der Waals surface area contributed by atoms with Crippen LogP contribution in [0.2, 0.25) is 0 Å². The molecule has 1 atom stereocenters. The first-order valence-corrected chi connectivity index (χ1v) is 5.50. The van der Waals surface area contributed by atoms with Crippen LogP contribution in [0.4, 0.5) is 5.13 Å². The Morgan fingerprint density at radius 3 is 3.21 bits per heavy atom. The van der Waals surface area contributed by atoms with E-state index in [0.29, 0.717) is 5.84 Å². The van der Waals surface area contributed by atoms with Crippen LogP contribution in [0.15, 0.2) is 5.51 Å². The summed E-state index contributed by atoms with van der Waals surface area (Å²) in [6, 6.07) is 0. The second-order valence-electron chi connectivity index (χ2n) is 3.46. The molecule has 1 aliphatic rings. The average Bonchev–Trinajstić information content (AvgIpc) is 2.71. The van der Waals surface area contributed by atoms with Crippen LogP contribution in [0, 0.1) is 11.3 Å². The van der Waals surface area contributed by atoms with Gasteiger partial charge in [-0.2, -0.15) is 0 Å². The number of nitrogens with one attached hydrogen (secondary N) is 1. The SMILES string of the molecule is N=C(N)C1CCCN(c2nncs2)C1. The molecule has 76 valence electrons. The Balaban J connectivity index is 2.04. The molecule has 0 radical (unpaired) electrons. The van der Waals surface area contributed by atoms with Gasteiger partial charge in [-0.15, -0.1) is 10.2 Å². The van der Waals surface area contributed by atoms with Crippen molar-refractivity contribution < 1.29 is 0 Å². The first-order chi connectivity index (χ1) is 6.77. The molecule has 0 aromatic carbocycles. The summed E-state index contributed by atoms with van der Waals surface area (Å²) < 4.78 is 0. The smallest absolute Gasteiger partial charge is 0.208 e. The van der Waals surface area contributed by atoms with E-state index >= 15 is 0 Å². The molecule has 0 bridgehead atoms. The summed E-state index contributed by atoms with van der Waals surface area (Å²) in [4.78, 5) is 2.16. The molecule has 1 aromatic rings. The van der Waals surface area contributed by atoms with Gasteiger partial charge in [-0.25, -0.2) is 0 Å². The lowest BCUT2D eigenvalue weighted by molar-refractivity contribution is 0.502. The van der Waals surface area contributed by atoms with E-state index in [-0.39, 0.29) is 5.92 Å². The Hall–Kier alpha value is -1.17. The van der Waals surface area contributed by atoms with E-state index in [4.69, 9.17) is 11.1 Å². The molecule has 1 unspecified atom stereocenters. The van der Waals surface area contributed by atoms with Gasteiger partial charge in [-0.1, -0.05) is 11.3 Å². The van der Waals surface area contributed by atoms with E-state index in [1.165, 1.54) is 11.3 Å². The van der Waals surface area contributed by atoms with Gasteiger partial charge in [0.2, 0.25) is 5.13 Å². The Bertz CT molecular complexity index is 310. The van der Waals surface area contributed by atoms with Crippen LogP contribution in [-0.2, 0) is 0 Å². The van der Waals surface area contributed by atoms with Crippen molar-refractivity contribution in [1.29, 1.82) is 5.41 Å². The molecular formula is C8H13N5S. The summed E-state index contributed by atoms with van der Waals surface area (Å²) in [5.41, 5.74) is 7.24. The normalized spacial score (nSPS) is 22.3. The van der Waals surface area contributed by atoms with Crippen LogP contribution in [0.1, 0.15) is 12.8 Å². The highest BCUT2D eigenvalue weighted by Gasteiger charge is 2.23. The summed E-state index contributed by atoms with van der Waals surface area (Å²) in [7, 11) is 0. The molecule has 0 amide bonds. The molecule has 2 heterocycles. The Kier molecular flexibility index (Phi) is 2.62. The molecule has 14 heavy (non-hydrogen) atoms. The van der Waals surface area contributed by atoms with Crippen molar-refractivity contribution in [2.75, 3.05) is 18.0 Å². The number of hydrogen-bond donors (Lipinski definition) is 2. The second kappa shape index (κ2) is 3.91. The third-order valence-electron chi connectivity index (χ3n) is 2.48. The Morgan fingerprint density at radius 2 is 2.57 bits per heavy atom. The highest BCUT2D eigenvalue weighted by atomic mass is 32.1. The van der Waals surface area contributed by atoms with Crippen molar-refractivity contribution in [2.24, 2.45) is 11.7 Å². The Morgan fingerprint density at radius 1 is 1.71 bits per heavy atom. The minimum atomic E-state index is 0.188. The largest absolute Gasteiger partial charge is 0.387 e. The third kappa shape index (κ3) is 1.84. The van der Waals surface area contributed by atoms with E-state index in [0.717, 1.165) is 31.1 Å². The molecule has 6 heteroatoms. The Labute approximate surface area is 86.4 Å². The molecule has 2 rings (SSSR count). The minimum Gasteiger partial charge on any atom is -0.387 e. The quantitative estimate of drug-likeness (QED) is 0.557. The molecule has 1 aliphatic heterocycles. The van der Waals surface area contributed by atoms with E-state index in [2.05, 4.69) is 15.1 Å². The van der Waals surface area contributed by atoms with Crippen molar-refractivity contribution in [3.8, 4) is 0 Å². The van der Waals surface area contributed by atoms with Crippen LogP contribution < -0.4 is 10.6 Å². The van der Waals surface area contributed by atoms with E-state index < -0.39 is 0 Å². The maximum Gasteiger partial charge on any atom is 0.208 e. The molecule has 1 fully saturated rings. The second-order valence-corrected chi connectivity index (χ2v) is 4.27. The zero-order chi connectivity index (χ0) is 9.97. The molecule has 1 saturated heterocycles. The van der Waals surface area contributed by atoms with E-state index in [1.807, 2.05) is 0 Å². The van der Waals surface area contributed by atoms with Crippen molar-refractivity contribution >= 4 is 22.3 Å². The standard InChI is InChI=1S/C8H13N5S/c9-7(10)6-2-1-3-13(4-6)8-12-11-5-14-8/h5-6H,1-4H2,(H3,9,10).